The van der Waals surface area contributed by atoms with E-state index in [4.69, 9.17) is 15.9 Å². The van der Waals surface area contributed by atoms with E-state index in [2.05, 4.69) is 28.6 Å². The molecule has 0 aromatic rings. The third kappa shape index (κ3) is 8.33. The first-order valence-electron chi connectivity index (χ1n) is 6.77. The summed E-state index contributed by atoms with van der Waals surface area (Å²) in [7, 11) is 0. The Kier molecular flexibility index (Phi) is 9.42. The van der Waals surface area contributed by atoms with Gasteiger partial charge in [0.15, 0.2) is 0 Å². The van der Waals surface area contributed by atoms with Gasteiger partial charge in [0.05, 0.1) is 12.5 Å². The third-order valence-corrected chi connectivity index (χ3v) is 3.08. The molecule has 7 N–H and O–H groups in total. The van der Waals surface area contributed by atoms with Crippen LogP contribution in [0.5, 0.6) is 0 Å². The Morgan fingerprint density at radius 1 is 1.00 bits per heavy atom. The van der Waals surface area contributed by atoms with Gasteiger partial charge in [0.25, 0.3) is 0 Å². The number of carbonyl (C=O) groups is 5. The largest absolute Gasteiger partial charge is 0.481 e. The van der Waals surface area contributed by atoms with E-state index in [-0.39, 0.29) is 5.75 Å². The van der Waals surface area contributed by atoms with E-state index < -0.39 is 60.8 Å². The van der Waals surface area contributed by atoms with Crippen molar-refractivity contribution in [3.05, 3.63) is 0 Å². The molecule has 0 aliphatic heterocycles. The van der Waals surface area contributed by atoms with Gasteiger partial charge in [0.1, 0.15) is 18.6 Å². The van der Waals surface area contributed by atoms with E-state index in [0.29, 0.717) is 0 Å². The smallest absolute Gasteiger partial charge is 0.322 e. The SMILES string of the molecule is CC(NC(=O)C(CS)NC(=O)C(N)CC(=O)O)C(=O)NCC(=O)O. The molecule has 0 rings (SSSR count). The second-order valence-corrected chi connectivity index (χ2v) is 5.16. The number of thiol groups is 1. The number of nitrogens with two attached hydrogens (primary N) is 1. The lowest BCUT2D eigenvalue weighted by Gasteiger charge is -2.20. The number of hydrogen-bond donors (Lipinski definition) is 7. The van der Waals surface area contributed by atoms with Gasteiger partial charge in [-0.3, -0.25) is 24.0 Å². The Morgan fingerprint density at radius 2 is 1.58 bits per heavy atom. The molecule has 136 valence electrons. The molecule has 3 unspecified atom stereocenters. The first-order valence-corrected chi connectivity index (χ1v) is 7.40. The molecule has 0 heterocycles. The average molecular weight is 364 g/mol. The Hall–Kier alpha value is -2.34. The van der Waals surface area contributed by atoms with Crippen LogP contribution in [-0.4, -0.2) is 70.3 Å². The van der Waals surface area contributed by atoms with Gasteiger partial charge in [0.2, 0.25) is 17.7 Å². The zero-order valence-corrected chi connectivity index (χ0v) is 13.7. The van der Waals surface area contributed by atoms with E-state index in [0.717, 1.165) is 0 Å². The summed E-state index contributed by atoms with van der Waals surface area (Å²) in [6, 6.07) is -3.53. The fraction of sp³-hybridized carbons (Fsp3) is 0.583. The van der Waals surface area contributed by atoms with Gasteiger partial charge < -0.3 is 31.9 Å². The highest BCUT2D eigenvalue weighted by Crippen LogP contribution is 1.95. The zero-order chi connectivity index (χ0) is 18.9. The standard InChI is InChI=1S/C12H20N4O7S/c1-5(10(21)14-3-9(19)20)15-12(23)7(4-24)16-11(22)6(13)2-8(17)18/h5-7,24H,2-4,13H2,1H3,(H,14,21)(H,15,23)(H,16,22)(H,17,18)(H,19,20). The molecule has 0 aromatic carbocycles. The number of amides is 3. The molecular formula is C12H20N4O7S. The quantitative estimate of drug-likeness (QED) is 0.198. The highest BCUT2D eigenvalue weighted by Gasteiger charge is 2.26. The fourth-order valence-corrected chi connectivity index (χ4v) is 1.71. The van der Waals surface area contributed by atoms with Crippen molar-refractivity contribution in [2.75, 3.05) is 12.3 Å². The number of carboxylic acids is 2. The summed E-state index contributed by atoms with van der Waals surface area (Å²) in [5, 5.41) is 23.6. The van der Waals surface area contributed by atoms with Gasteiger partial charge in [-0.25, -0.2) is 0 Å². The van der Waals surface area contributed by atoms with E-state index in [9.17, 15) is 24.0 Å². The summed E-state index contributed by atoms with van der Waals surface area (Å²) >= 11 is 3.90. The molecule has 12 heteroatoms. The lowest BCUT2D eigenvalue weighted by Crippen LogP contribution is -2.56. The van der Waals surface area contributed by atoms with E-state index in [1.165, 1.54) is 6.92 Å². The molecule has 0 spiro atoms. The lowest BCUT2D eigenvalue weighted by molar-refractivity contribution is -0.139. The third-order valence-electron chi connectivity index (χ3n) is 2.71. The minimum Gasteiger partial charge on any atom is -0.481 e. The van der Waals surface area contributed by atoms with Crippen molar-refractivity contribution in [3.63, 3.8) is 0 Å². The minimum atomic E-state index is -1.34. The lowest BCUT2D eigenvalue weighted by atomic mass is 10.2. The second-order valence-electron chi connectivity index (χ2n) is 4.79. The monoisotopic (exact) mass is 364 g/mol. The highest BCUT2D eigenvalue weighted by molar-refractivity contribution is 7.80. The first-order chi connectivity index (χ1) is 11.1. The molecule has 0 aliphatic rings. The van der Waals surface area contributed by atoms with Gasteiger partial charge >= 0.3 is 11.9 Å². The molecule has 0 fully saturated rings. The maximum Gasteiger partial charge on any atom is 0.322 e. The number of carbonyl (C=O) groups excluding carboxylic acids is 3. The summed E-state index contributed by atoms with van der Waals surface area (Å²) in [5.41, 5.74) is 5.37. The summed E-state index contributed by atoms with van der Waals surface area (Å²) in [4.78, 5) is 56.1. The van der Waals surface area contributed by atoms with Crippen molar-refractivity contribution < 1.29 is 34.2 Å². The summed E-state index contributed by atoms with van der Waals surface area (Å²) in [6.45, 7) is 0.721. The number of aliphatic carboxylic acids is 2. The maximum absolute atomic E-state index is 12.0. The average Bonchev–Trinajstić information content (AvgIpc) is 2.48. The summed E-state index contributed by atoms with van der Waals surface area (Å²) < 4.78 is 0. The van der Waals surface area contributed by atoms with Gasteiger partial charge in [0, 0.05) is 5.75 Å². The fourth-order valence-electron chi connectivity index (χ4n) is 1.45. The molecule has 3 amide bonds. The summed E-state index contributed by atoms with van der Waals surface area (Å²) in [6.07, 6.45) is -0.610. The van der Waals surface area contributed by atoms with Crippen molar-refractivity contribution in [1.29, 1.82) is 0 Å². The van der Waals surface area contributed by atoms with E-state index in [1.807, 2.05) is 0 Å². The molecule has 0 aromatic heterocycles. The van der Waals surface area contributed by atoms with Crippen LogP contribution in [0, 0.1) is 0 Å². The van der Waals surface area contributed by atoms with Crippen LogP contribution in [-0.2, 0) is 24.0 Å². The van der Waals surface area contributed by atoms with Crippen molar-refractivity contribution in [1.82, 2.24) is 16.0 Å². The van der Waals surface area contributed by atoms with Gasteiger partial charge in [-0.1, -0.05) is 0 Å². The normalized spacial score (nSPS) is 14.0. The molecular weight excluding hydrogens is 344 g/mol. The Morgan fingerprint density at radius 3 is 2.04 bits per heavy atom. The molecule has 11 nitrogen and oxygen atoms in total. The van der Waals surface area contributed by atoms with Gasteiger partial charge in [-0.15, -0.1) is 0 Å². The van der Waals surface area contributed by atoms with Gasteiger partial charge in [-0.05, 0) is 6.92 Å². The van der Waals surface area contributed by atoms with Crippen LogP contribution in [0.3, 0.4) is 0 Å². The minimum absolute atomic E-state index is 0.124. The zero-order valence-electron chi connectivity index (χ0n) is 12.8. The second kappa shape index (κ2) is 10.4. The predicted octanol–water partition coefficient (Wildman–Crippen LogP) is -3.09. The molecule has 24 heavy (non-hydrogen) atoms. The van der Waals surface area contributed by atoms with Crippen LogP contribution in [0.15, 0.2) is 0 Å². The topological polar surface area (TPSA) is 188 Å². The molecule has 0 radical (unpaired) electrons. The number of nitrogens with one attached hydrogen (secondary N) is 3. The van der Waals surface area contributed by atoms with Gasteiger partial charge in [-0.2, -0.15) is 12.6 Å². The first kappa shape index (κ1) is 21.7. The van der Waals surface area contributed by atoms with Crippen LogP contribution in [0.1, 0.15) is 13.3 Å². The van der Waals surface area contributed by atoms with E-state index in [1.54, 1.807) is 0 Å². The molecule has 3 atom stereocenters. The number of hydrogen-bond acceptors (Lipinski definition) is 7. The Bertz CT molecular complexity index is 514. The number of rotatable bonds is 10. The molecule has 0 bridgehead atoms. The van der Waals surface area contributed by atoms with Crippen LogP contribution >= 0.6 is 12.6 Å². The van der Waals surface area contributed by atoms with Crippen molar-refractivity contribution in [3.8, 4) is 0 Å². The van der Waals surface area contributed by atoms with Crippen LogP contribution in [0.25, 0.3) is 0 Å². The van der Waals surface area contributed by atoms with E-state index >= 15 is 0 Å². The predicted molar refractivity (Wildman–Crippen MR) is 84.3 cm³/mol. The van der Waals surface area contributed by atoms with Crippen LogP contribution in [0.4, 0.5) is 0 Å². The molecule has 0 saturated carbocycles. The van der Waals surface area contributed by atoms with Crippen molar-refractivity contribution in [2.45, 2.75) is 31.5 Å². The van der Waals surface area contributed by atoms with Crippen LogP contribution in [0.2, 0.25) is 0 Å². The molecule has 0 saturated heterocycles. The Balaban J connectivity index is 4.58. The maximum atomic E-state index is 12.0. The van der Waals surface area contributed by atoms with Crippen LogP contribution < -0.4 is 21.7 Å². The van der Waals surface area contributed by atoms with Crippen molar-refractivity contribution in [2.24, 2.45) is 5.73 Å². The molecule has 0 aliphatic carbocycles. The summed E-state index contributed by atoms with van der Waals surface area (Å²) in [5.74, 6) is -4.96. The highest BCUT2D eigenvalue weighted by atomic mass is 32.1. The van der Waals surface area contributed by atoms with Crippen molar-refractivity contribution >= 4 is 42.3 Å². The number of carboxylic acid groups (broad SMARTS) is 2. The Labute approximate surface area is 142 Å².